The second-order valence-electron chi connectivity index (χ2n) is 5.59. The smallest absolute Gasteiger partial charge is 0.272 e. The van der Waals surface area contributed by atoms with Gasteiger partial charge in [-0.05, 0) is 32.4 Å². The van der Waals surface area contributed by atoms with Gasteiger partial charge in [-0.1, -0.05) is 0 Å². The molecule has 6 heteroatoms. The maximum Gasteiger partial charge on any atom is 0.272 e. The van der Waals surface area contributed by atoms with Gasteiger partial charge in [-0.15, -0.1) is 0 Å². The molecule has 1 atom stereocenters. The molecule has 1 aromatic carbocycles. The highest BCUT2D eigenvalue weighted by Crippen LogP contribution is 2.24. The zero-order valence-corrected chi connectivity index (χ0v) is 12.2. The largest absolute Gasteiger partial charge is 0.380 e. The third kappa shape index (κ3) is 2.74. The van der Waals surface area contributed by atoms with Crippen molar-refractivity contribution in [1.82, 2.24) is 9.55 Å². The number of hydrogen-bond donors (Lipinski definition) is 1. The summed E-state index contributed by atoms with van der Waals surface area (Å²) in [6, 6.07) is 5.51. The highest BCUT2D eigenvalue weighted by molar-refractivity contribution is 5.54. The van der Waals surface area contributed by atoms with E-state index in [1.165, 1.54) is 0 Å². The molecule has 0 radical (unpaired) electrons. The van der Waals surface area contributed by atoms with E-state index < -0.39 is 0 Å². The molecule has 0 spiro atoms. The van der Waals surface area contributed by atoms with Gasteiger partial charge in [-0.25, -0.2) is 4.98 Å². The lowest BCUT2D eigenvalue weighted by Crippen LogP contribution is -2.31. The fraction of sp³-hybridized carbons (Fsp3) is 0.400. The lowest BCUT2D eigenvalue weighted by atomic mass is 10.1. The number of fused-ring (bicyclic) bond motifs is 1. The van der Waals surface area contributed by atoms with E-state index in [0.29, 0.717) is 11.6 Å². The van der Waals surface area contributed by atoms with Crippen LogP contribution in [0.15, 0.2) is 24.4 Å². The lowest BCUT2D eigenvalue weighted by molar-refractivity contribution is -0.385. The summed E-state index contributed by atoms with van der Waals surface area (Å²) < 4.78 is 2.19. The fourth-order valence-corrected chi connectivity index (χ4v) is 2.89. The molecule has 1 aromatic heterocycles. The van der Waals surface area contributed by atoms with E-state index in [1.54, 1.807) is 19.1 Å². The number of hydrogen-bond acceptors (Lipinski definition) is 4. The Morgan fingerprint density at radius 3 is 2.95 bits per heavy atom. The normalized spacial score (nSPS) is 17.3. The Kier molecular flexibility index (Phi) is 3.37. The van der Waals surface area contributed by atoms with Gasteiger partial charge < -0.3 is 9.88 Å². The van der Waals surface area contributed by atoms with Crippen molar-refractivity contribution in [3.05, 3.63) is 51.6 Å². The minimum atomic E-state index is -0.347. The summed E-state index contributed by atoms with van der Waals surface area (Å²) in [5.74, 6) is 1.14. The molecule has 1 unspecified atom stereocenters. The number of aromatic nitrogens is 2. The molecule has 110 valence electrons. The summed E-state index contributed by atoms with van der Waals surface area (Å²) in [6.07, 6.45) is 4.05. The monoisotopic (exact) mass is 286 g/mol. The summed E-state index contributed by atoms with van der Waals surface area (Å²) in [6.45, 7) is 4.65. The molecule has 3 rings (SSSR count). The summed E-state index contributed by atoms with van der Waals surface area (Å²) >= 11 is 0. The van der Waals surface area contributed by atoms with Gasteiger partial charge in [0.2, 0.25) is 0 Å². The van der Waals surface area contributed by atoms with Crippen LogP contribution in [0.25, 0.3) is 0 Å². The number of nitrogens with zero attached hydrogens (tertiary/aromatic N) is 3. The van der Waals surface area contributed by atoms with Crippen molar-refractivity contribution in [2.45, 2.75) is 39.3 Å². The van der Waals surface area contributed by atoms with E-state index >= 15 is 0 Å². The average molecular weight is 286 g/mol. The number of rotatable bonds is 3. The first-order valence-electron chi connectivity index (χ1n) is 7.07. The molecule has 0 bridgehead atoms. The third-order valence-corrected chi connectivity index (χ3v) is 3.88. The van der Waals surface area contributed by atoms with E-state index in [-0.39, 0.29) is 10.6 Å². The van der Waals surface area contributed by atoms with Crippen LogP contribution in [0.1, 0.15) is 23.5 Å². The van der Waals surface area contributed by atoms with Gasteiger partial charge in [0.15, 0.2) is 0 Å². The van der Waals surface area contributed by atoms with E-state index in [9.17, 15) is 10.1 Å². The highest BCUT2D eigenvalue weighted by atomic mass is 16.6. The van der Waals surface area contributed by atoms with Gasteiger partial charge >= 0.3 is 0 Å². The second-order valence-corrected chi connectivity index (χ2v) is 5.59. The van der Waals surface area contributed by atoms with Crippen molar-refractivity contribution < 1.29 is 4.92 Å². The number of anilines is 1. The van der Waals surface area contributed by atoms with E-state index in [2.05, 4.69) is 21.1 Å². The minimum Gasteiger partial charge on any atom is -0.380 e. The molecule has 2 heterocycles. The molecule has 21 heavy (non-hydrogen) atoms. The number of nitro benzene ring substituents is 1. The van der Waals surface area contributed by atoms with Crippen LogP contribution in [0.3, 0.4) is 0 Å². The molecule has 6 nitrogen and oxygen atoms in total. The third-order valence-electron chi connectivity index (χ3n) is 3.88. The zero-order chi connectivity index (χ0) is 15.0. The van der Waals surface area contributed by atoms with Crippen molar-refractivity contribution in [2.75, 3.05) is 5.32 Å². The number of benzene rings is 1. The standard InChI is InChI=1S/C15H18N4O2/c1-10-7-12(3-5-14(10)19(20)21)17-13-4-6-15-16-11(2)8-18(15)9-13/h3,5,7-8,13,17H,4,6,9H2,1-2H3. The number of aryl methyl sites for hydroxylation is 3. The maximum atomic E-state index is 10.8. The number of imidazole rings is 1. The summed E-state index contributed by atoms with van der Waals surface area (Å²) in [4.78, 5) is 15.0. The van der Waals surface area contributed by atoms with Crippen LogP contribution in [-0.2, 0) is 13.0 Å². The van der Waals surface area contributed by atoms with Crippen molar-refractivity contribution in [2.24, 2.45) is 0 Å². The van der Waals surface area contributed by atoms with Crippen molar-refractivity contribution in [3.63, 3.8) is 0 Å². The molecule has 1 aliphatic rings. The maximum absolute atomic E-state index is 10.8. The predicted molar refractivity (Wildman–Crippen MR) is 80.5 cm³/mol. The van der Waals surface area contributed by atoms with Gasteiger partial charge in [-0.3, -0.25) is 10.1 Å². The fourth-order valence-electron chi connectivity index (χ4n) is 2.89. The Bertz CT molecular complexity index is 693. The molecule has 0 aliphatic carbocycles. The first-order chi connectivity index (χ1) is 10.0. The molecule has 1 N–H and O–H groups in total. The number of nitrogens with one attached hydrogen (secondary N) is 1. The molecule has 2 aromatic rings. The second kappa shape index (κ2) is 5.20. The Balaban J connectivity index is 1.73. The van der Waals surface area contributed by atoms with Crippen LogP contribution in [0.4, 0.5) is 11.4 Å². The van der Waals surface area contributed by atoms with E-state index in [1.807, 2.05) is 13.0 Å². The highest BCUT2D eigenvalue weighted by Gasteiger charge is 2.20. The Morgan fingerprint density at radius 2 is 2.24 bits per heavy atom. The molecule has 0 amide bonds. The molecule has 1 aliphatic heterocycles. The Hall–Kier alpha value is -2.37. The van der Waals surface area contributed by atoms with Crippen LogP contribution in [0.2, 0.25) is 0 Å². The van der Waals surface area contributed by atoms with Crippen molar-refractivity contribution >= 4 is 11.4 Å². The van der Waals surface area contributed by atoms with E-state index in [4.69, 9.17) is 0 Å². The quantitative estimate of drug-likeness (QED) is 0.695. The SMILES string of the molecule is Cc1cn2c(n1)CCC(Nc1ccc([N+](=O)[O-])c(C)c1)C2. The molecule has 0 fully saturated rings. The molecule has 0 saturated carbocycles. The van der Waals surface area contributed by atoms with Gasteiger partial charge in [-0.2, -0.15) is 0 Å². The van der Waals surface area contributed by atoms with E-state index in [0.717, 1.165) is 36.6 Å². The summed E-state index contributed by atoms with van der Waals surface area (Å²) in [5, 5.41) is 14.3. The molecule has 0 saturated heterocycles. The van der Waals surface area contributed by atoms with Crippen LogP contribution < -0.4 is 5.32 Å². The molecular weight excluding hydrogens is 268 g/mol. The van der Waals surface area contributed by atoms with Crippen LogP contribution in [0.5, 0.6) is 0 Å². The summed E-state index contributed by atoms with van der Waals surface area (Å²) in [7, 11) is 0. The topological polar surface area (TPSA) is 73.0 Å². The van der Waals surface area contributed by atoms with Crippen molar-refractivity contribution in [3.8, 4) is 0 Å². The first-order valence-corrected chi connectivity index (χ1v) is 7.07. The van der Waals surface area contributed by atoms with Gasteiger partial charge in [0.25, 0.3) is 5.69 Å². The summed E-state index contributed by atoms with van der Waals surface area (Å²) in [5.41, 5.74) is 2.83. The predicted octanol–water partition coefficient (Wildman–Crippen LogP) is 2.84. The van der Waals surface area contributed by atoms with Gasteiger partial charge in [0.1, 0.15) is 5.82 Å². The van der Waals surface area contributed by atoms with Crippen LogP contribution in [-0.4, -0.2) is 20.5 Å². The molecular formula is C15H18N4O2. The van der Waals surface area contributed by atoms with Crippen LogP contribution in [0, 0.1) is 24.0 Å². The lowest BCUT2D eigenvalue weighted by Gasteiger charge is -2.25. The Morgan fingerprint density at radius 1 is 1.43 bits per heavy atom. The zero-order valence-electron chi connectivity index (χ0n) is 12.2. The van der Waals surface area contributed by atoms with Crippen LogP contribution >= 0.6 is 0 Å². The van der Waals surface area contributed by atoms with Gasteiger partial charge in [0, 0.05) is 42.5 Å². The average Bonchev–Trinajstić information content (AvgIpc) is 2.77. The Labute approximate surface area is 123 Å². The van der Waals surface area contributed by atoms with Crippen molar-refractivity contribution in [1.29, 1.82) is 0 Å². The minimum absolute atomic E-state index is 0.164. The van der Waals surface area contributed by atoms with Gasteiger partial charge in [0.05, 0.1) is 10.6 Å². The number of nitro groups is 1. The first kappa shape index (κ1) is 13.6.